The summed E-state index contributed by atoms with van der Waals surface area (Å²) in [6, 6.07) is 0. The maximum atomic E-state index is 5.50. The molecule has 0 saturated heterocycles. The molecule has 0 aromatic heterocycles. The number of hydrazine groups is 2. The maximum Gasteiger partial charge on any atom is 0.148 e. The van der Waals surface area contributed by atoms with Gasteiger partial charge in [0.25, 0.3) is 0 Å². The molecule has 0 spiro atoms. The van der Waals surface area contributed by atoms with Crippen LogP contribution in [0.5, 0.6) is 0 Å². The van der Waals surface area contributed by atoms with Gasteiger partial charge in [-0.3, -0.25) is 5.43 Å². The van der Waals surface area contributed by atoms with E-state index >= 15 is 0 Å². The molecule has 0 fully saturated rings. The van der Waals surface area contributed by atoms with Crippen LogP contribution in [0.1, 0.15) is 26.2 Å². The van der Waals surface area contributed by atoms with E-state index in [4.69, 9.17) is 11.6 Å². The molecule has 0 atom stereocenters. The zero-order valence-electron chi connectivity index (χ0n) is 7.25. The highest BCUT2D eigenvalue weighted by molar-refractivity contribution is 5.92. The molecule has 0 unspecified atom stereocenters. The number of nitrogens with two attached hydrogens (primary N) is 2. The smallest absolute Gasteiger partial charge is 0.148 e. The van der Waals surface area contributed by atoms with E-state index in [2.05, 4.69) is 17.5 Å². The van der Waals surface area contributed by atoms with E-state index in [1.807, 2.05) is 0 Å². The van der Waals surface area contributed by atoms with Crippen LogP contribution in [-0.4, -0.2) is 11.1 Å². The topological polar surface area (TPSA) is 79.7 Å². The van der Waals surface area contributed by atoms with Crippen molar-refractivity contribution < 1.29 is 0 Å². The molecule has 5 heteroatoms. The summed E-state index contributed by atoms with van der Waals surface area (Å²) in [5.74, 6) is 5.85. The van der Waals surface area contributed by atoms with Crippen LogP contribution in [0.25, 0.3) is 0 Å². The van der Waals surface area contributed by atoms with Gasteiger partial charge in [-0.15, -0.1) is 10.3 Å². The predicted molar refractivity (Wildman–Crippen MR) is 48.4 cm³/mol. The van der Waals surface area contributed by atoms with Crippen LogP contribution >= 0.6 is 0 Å². The number of hydrazone groups is 1. The van der Waals surface area contributed by atoms with Gasteiger partial charge in [-0.05, 0) is 12.8 Å². The number of amidine groups is 1. The normalized spacial score (nSPS) is 16.7. The van der Waals surface area contributed by atoms with Crippen LogP contribution in [0, 0.1) is 0 Å². The van der Waals surface area contributed by atoms with Gasteiger partial charge in [0.15, 0.2) is 0 Å². The van der Waals surface area contributed by atoms with Crippen molar-refractivity contribution in [3.63, 3.8) is 0 Å². The molecule has 12 heavy (non-hydrogen) atoms. The molecule has 1 aliphatic heterocycles. The van der Waals surface area contributed by atoms with E-state index in [1.54, 1.807) is 6.08 Å². The molecule has 1 heterocycles. The third-order valence-electron chi connectivity index (χ3n) is 1.60. The van der Waals surface area contributed by atoms with Crippen molar-refractivity contribution in [1.29, 1.82) is 0 Å². The summed E-state index contributed by atoms with van der Waals surface area (Å²) in [6.45, 7) is 2.14. The van der Waals surface area contributed by atoms with Gasteiger partial charge in [0, 0.05) is 11.8 Å². The first kappa shape index (κ1) is 8.86. The summed E-state index contributed by atoms with van der Waals surface area (Å²) in [5, 5.41) is 4.90. The maximum absolute atomic E-state index is 5.50. The van der Waals surface area contributed by atoms with Gasteiger partial charge in [0.2, 0.25) is 0 Å². The summed E-state index contributed by atoms with van der Waals surface area (Å²) in [5.41, 5.74) is 9.41. The second-order valence-corrected chi connectivity index (χ2v) is 2.75. The van der Waals surface area contributed by atoms with E-state index < -0.39 is 0 Å². The molecular weight excluding hydrogens is 154 g/mol. The molecule has 5 N–H and O–H groups in total. The average molecular weight is 169 g/mol. The van der Waals surface area contributed by atoms with Crippen molar-refractivity contribution in [1.82, 2.24) is 10.7 Å². The van der Waals surface area contributed by atoms with E-state index in [1.165, 1.54) is 0 Å². The molecule has 0 amide bonds. The molecule has 68 valence electrons. The van der Waals surface area contributed by atoms with Crippen molar-refractivity contribution in [2.75, 3.05) is 0 Å². The van der Waals surface area contributed by atoms with Gasteiger partial charge in [-0.1, -0.05) is 13.3 Å². The third kappa shape index (κ3) is 2.43. The Balaban J connectivity index is 2.49. The fourth-order valence-electron chi connectivity index (χ4n) is 1.03. The highest BCUT2D eigenvalue weighted by Crippen LogP contribution is 2.06. The average Bonchev–Trinajstić information content (AvgIpc) is 1.99. The van der Waals surface area contributed by atoms with Crippen LogP contribution < -0.4 is 17.0 Å². The Labute approximate surface area is 72.0 Å². The predicted octanol–water partition coefficient (Wildman–Crippen LogP) is 0.0266. The van der Waals surface area contributed by atoms with Crippen molar-refractivity contribution in [3.05, 3.63) is 11.8 Å². The van der Waals surface area contributed by atoms with Crippen LogP contribution in [0.4, 0.5) is 0 Å². The van der Waals surface area contributed by atoms with Crippen LogP contribution in [0.3, 0.4) is 0 Å². The zero-order chi connectivity index (χ0) is 8.97. The van der Waals surface area contributed by atoms with Crippen LogP contribution in [-0.2, 0) is 0 Å². The lowest BCUT2D eigenvalue weighted by Gasteiger charge is -2.21. The molecular formula is C7H15N5. The highest BCUT2D eigenvalue weighted by atomic mass is 15.8. The second kappa shape index (κ2) is 3.96. The minimum atomic E-state index is 0.447. The number of unbranched alkanes of at least 4 members (excludes halogenated alkanes) is 1. The molecule has 1 rings (SSSR count). The largest absolute Gasteiger partial charge is 0.382 e. The molecule has 5 nitrogen and oxygen atoms in total. The van der Waals surface area contributed by atoms with Gasteiger partial charge in [0.05, 0.1) is 0 Å². The summed E-state index contributed by atoms with van der Waals surface area (Å²) in [4.78, 5) is 0. The fraction of sp³-hybridized carbons (Fsp3) is 0.571. The molecule has 1 aliphatic rings. The zero-order valence-corrected chi connectivity index (χ0v) is 7.25. The van der Waals surface area contributed by atoms with Crippen molar-refractivity contribution in [3.8, 4) is 0 Å². The second-order valence-electron chi connectivity index (χ2n) is 2.75. The number of rotatable bonds is 3. The fourth-order valence-corrected chi connectivity index (χ4v) is 1.03. The Hall–Kier alpha value is -1.23. The quantitative estimate of drug-likeness (QED) is 0.521. The summed E-state index contributed by atoms with van der Waals surface area (Å²) in [6.07, 6.45) is 5.04. The van der Waals surface area contributed by atoms with Crippen LogP contribution in [0.2, 0.25) is 0 Å². The number of hydrogen-bond donors (Lipinski definition) is 3. The summed E-state index contributed by atoms with van der Waals surface area (Å²) < 4.78 is 0. The number of allylic oxidation sites excluding steroid dienone is 1. The Kier molecular flexibility index (Phi) is 2.93. The van der Waals surface area contributed by atoms with Gasteiger partial charge in [0.1, 0.15) is 5.84 Å². The van der Waals surface area contributed by atoms with E-state index in [0.29, 0.717) is 5.84 Å². The third-order valence-corrected chi connectivity index (χ3v) is 1.60. The van der Waals surface area contributed by atoms with E-state index in [0.717, 1.165) is 30.2 Å². The first-order valence-electron chi connectivity index (χ1n) is 4.08. The number of hydrogen-bond acceptors (Lipinski definition) is 5. The molecule has 0 aliphatic carbocycles. The van der Waals surface area contributed by atoms with Gasteiger partial charge in [-0.2, -0.15) is 0 Å². The minimum Gasteiger partial charge on any atom is -0.382 e. The lowest BCUT2D eigenvalue weighted by molar-refractivity contribution is 0.220. The van der Waals surface area contributed by atoms with Crippen molar-refractivity contribution in [2.45, 2.75) is 26.2 Å². The van der Waals surface area contributed by atoms with E-state index in [-0.39, 0.29) is 0 Å². The first-order chi connectivity index (χ1) is 5.72. The Morgan fingerprint density at radius 3 is 3.00 bits per heavy atom. The SMILES string of the molecule is CCCCC1=CC(N)=NN(N)N1. The van der Waals surface area contributed by atoms with Gasteiger partial charge >= 0.3 is 0 Å². The van der Waals surface area contributed by atoms with Crippen molar-refractivity contribution >= 4 is 5.84 Å². The number of nitrogens with zero attached hydrogens (tertiary/aromatic N) is 2. The Morgan fingerprint density at radius 1 is 1.67 bits per heavy atom. The Bertz CT molecular complexity index is 208. The van der Waals surface area contributed by atoms with Gasteiger partial charge in [-0.25, -0.2) is 5.84 Å². The standard InChI is InChI=1S/C7H15N5/c1-2-3-4-6-5-7(8)11-12(9)10-6/h5,10H,2-4,9H2,1H3,(H2,8,11). The van der Waals surface area contributed by atoms with Gasteiger partial charge < -0.3 is 5.73 Å². The molecule has 0 saturated carbocycles. The molecule has 0 aromatic rings. The Morgan fingerprint density at radius 2 is 2.42 bits per heavy atom. The summed E-state index contributed by atoms with van der Waals surface area (Å²) >= 11 is 0. The lowest BCUT2D eigenvalue weighted by Crippen LogP contribution is -2.43. The summed E-state index contributed by atoms with van der Waals surface area (Å²) in [7, 11) is 0. The van der Waals surface area contributed by atoms with Crippen molar-refractivity contribution in [2.24, 2.45) is 16.7 Å². The van der Waals surface area contributed by atoms with E-state index in [9.17, 15) is 0 Å². The lowest BCUT2D eigenvalue weighted by atomic mass is 10.2. The molecule has 0 aromatic carbocycles. The monoisotopic (exact) mass is 169 g/mol. The minimum absolute atomic E-state index is 0.447. The first-order valence-corrected chi connectivity index (χ1v) is 4.08. The number of nitrogens with one attached hydrogen (secondary N) is 1. The highest BCUT2D eigenvalue weighted by Gasteiger charge is 2.06. The van der Waals surface area contributed by atoms with Crippen LogP contribution in [0.15, 0.2) is 16.9 Å². The molecule has 0 radical (unpaired) electrons. The molecule has 0 bridgehead atoms.